The summed E-state index contributed by atoms with van der Waals surface area (Å²) in [4.78, 5) is 5.28. The van der Waals surface area contributed by atoms with Crippen LogP contribution in [0, 0.1) is 0 Å². The fraction of sp³-hybridized carbons (Fsp3) is 0.818. The molecule has 2 nitrogen and oxygen atoms in total. The van der Waals surface area contributed by atoms with Gasteiger partial charge in [-0.25, -0.2) is 0 Å². The Kier molecular flexibility index (Phi) is 37.4. The highest BCUT2D eigenvalue weighted by Crippen LogP contribution is 2.19. The number of hydrogen-bond donors (Lipinski definition) is 0. The van der Waals surface area contributed by atoms with Crippen molar-refractivity contribution in [1.82, 2.24) is 9.80 Å². The first-order valence-electron chi connectivity index (χ1n) is 20.7. The maximum atomic E-state index is 2.81. The predicted molar refractivity (Wildman–Crippen MR) is 212 cm³/mol. The number of allylic oxidation sites excluding steroid dienone is 8. The number of likely N-dealkylation sites (N-methyl/N-ethyl adjacent to an activating group) is 2. The third-order valence-electron chi connectivity index (χ3n) is 9.71. The second-order valence-electron chi connectivity index (χ2n) is 13.9. The molecule has 0 aromatic heterocycles. The average molecular weight is 641 g/mol. The Balaban J connectivity index is 4.10. The van der Waals surface area contributed by atoms with E-state index < -0.39 is 0 Å². The van der Waals surface area contributed by atoms with Gasteiger partial charge in [0.25, 0.3) is 0 Å². The van der Waals surface area contributed by atoms with Crippen LogP contribution in [0.1, 0.15) is 195 Å². The van der Waals surface area contributed by atoms with Gasteiger partial charge in [-0.2, -0.15) is 0 Å². The Labute approximate surface area is 291 Å². The second-order valence-corrected chi connectivity index (χ2v) is 13.9. The Morgan fingerprint density at radius 2 is 0.761 bits per heavy atom. The molecule has 0 fully saturated rings. The summed E-state index contributed by atoms with van der Waals surface area (Å²) >= 11 is 0. The van der Waals surface area contributed by atoms with E-state index in [9.17, 15) is 0 Å². The zero-order valence-electron chi connectivity index (χ0n) is 32.3. The van der Waals surface area contributed by atoms with Crippen molar-refractivity contribution in [2.24, 2.45) is 0 Å². The molecule has 0 rings (SSSR count). The van der Waals surface area contributed by atoms with Gasteiger partial charge in [-0.05, 0) is 97.2 Å². The molecule has 0 radical (unpaired) electrons. The van der Waals surface area contributed by atoms with E-state index in [0.717, 1.165) is 25.4 Å². The van der Waals surface area contributed by atoms with Crippen molar-refractivity contribution in [2.45, 2.75) is 201 Å². The van der Waals surface area contributed by atoms with Gasteiger partial charge in [0.1, 0.15) is 0 Å². The lowest BCUT2D eigenvalue weighted by Crippen LogP contribution is -2.40. The van der Waals surface area contributed by atoms with Gasteiger partial charge in [-0.15, -0.1) is 0 Å². The lowest BCUT2D eigenvalue weighted by Gasteiger charge is -2.32. The van der Waals surface area contributed by atoms with E-state index in [0.29, 0.717) is 0 Å². The second kappa shape index (κ2) is 38.3. The average Bonchev–Trinajstić information content (AvgIpc) is 3.07. The van der Waals surface area contributed by atoms with Crippen LogP contribution in [-0.2, 0) is 0 Å². The Morgan fingerprint density at radius 1 is 0.391 bits per heavy atom. The minimum absolute atomic E-state index is 0.784. The predicted octanol–water partition coefficient (Wildman–Crippen LogP) is 14.0. The molecule has 0 heterocycles. The summed E-state index contributed by atoms with van der Waals surface area (Å²) < 4.78 is 0. The smallest absolute Gasteiger partial charge is 0.0112 e. The molecule has 2 heteroatoms. The third kappa shape index (κ3) is 32.8. The molecule has 0 bridgehead atoms. The van der Waals surface area contributed by atoms with Crippen LogP contribution < -0.4 is 0 Å². The normalized spacial score (nSPS) is 12.7. The first kappa shape index (κ1) is 44.9. The van der Waals surface area contributed by atoms with Crippen molar-refractivity contribution < 1.29 is 0 Å². The molecule has 0 unspecified atom stereocenters. The van der Waals surface area contributed by atoms with Crippen LogP contribution >= 0.6 is 0 Å². The molecule has 0 atom stereocenters. The summed E-state index contributed by atoms with van der Waals surface area (Å²) in [7, 11) is 2.27. The van der Waals surface area contributed by atoms with Crippen molar-refractivity contribution in [3.8, 4) is 0 Å². The van der Waals surface area contributed by atoms with E-state index in [-0.39, 0.29) is 0 Å². The molecule has 270 valence electrons. The van der Waals surface area contributed by atoms with Gasteiger partial charge >= 0.3 is 0 Å². The van der Waals surface area contributed by atoms with Crippen LogP contribution in [0.2, 0.25) is 0 Å². The van der Waals surface area contributed by atoms with Crippen LogP contribution in [0.3, 0.4) is 0 Å². The van der Waals surface area contributed by atoms with E-state index in [1.54, 1.807) is 0 Å². The van der Waals surface area contributed by atoms with Gasteiger partial charge in [-0.3, -0.25) is 4.90 Å². The molecular formula is C44H84N2. The summed E-state index contributed by atoms with van der Waals surface area (Å²) in [6, 6.07) is 0.784. The van der Waals surface area contributed by atoms with Gasteiger partial charge in [0.15, 0.2) is 0 Å². The quantitative estimate of drug-likeness (QED) is 0.0496. The van der Waals surface area contributed by atoms with Gasteiger partial charge in [0, 0.05) is 19.1 Å². The van der Waals surface area contributed by atoms with Crippen LogP contribution in [-0.4, -0.2) is 49.1 Å². The van der Waals surface area contributed by atoms with Crippen molar-refractivity contribution >= 4 is 0 Å². The molecule has 0 aromatic carbocycles. The first-order valence-corrected chi connectivity index (χ1v) is 20.7. The molecular weight excluding hydrogens is 556 g/mol. The number of nitrogens with zero attached hydrogens (tertiary/aromatic N) is 2. The molecule has 0 aliphatic heterocycles. The number of unbranched alkanes of at least 4 members (excludes halogenated alkanes) is 18. The van der Waals surface area contributed by atoms with Crippen LogP contribution in [0.4, 0.5) is 0 Å². The lowest BCUT2D eigenvalue weighted by molar-refractivity contribution is 0.159. The fourth-order valence-electron chi connectivity index (χ4n) is 6.30. The van der Waals surface area contributed by atoms with Gasteiger partial charge in [0.05, 0.1) is 0 Å². The molecule has 0 N–H and O–H groups in total. The van der Waals surface area contributed by atoms with Crippen LogP contribution in [0.15, 0.2) is 48.6 Å². The molecule has 0 aromatic rings. The fourth-order valence-corrected chi connectivity index (χ4v) is 6.30. The molecule has 0 aliphatic rings. The minimum Gasteiger partial charge on any atom is -0.305 e. The van der Waals surface area contributed by atoms with E-state index in [2.05, 4.69) is 93.2 Å². The van der Waals surface area contributed by atoms with E-state index in [4.69, 9.17) is 0 Å². The molecule has 0 amide bonds. The summed E-state index contributed by atoms with van der Waals surface area (Å²) in [5, 5.41) is 0. The van der Waals surface area contributed by atoms with Crippen LogP contribution in [0.5, 0.6) is 0 Å². The maximum Gasteiger partial charge on any atom is 0.0112 e. The summed E-state index contributed by atoms with van der Waals surface area (Å²) in [6.45, 7) is 14.0. The molecule has 0 spiro atoms. The minimum atomic E-state index is 0.784. The van der Waals surface area contributed by atoms with Gasteiger partial charge in [0.2, 0.25) is 0 Å². The van der Waals surface area contributed by atoms with Crippen molar-refractivity contribution in [2.75, 3.05) is 33.2 Å². The van der Waals surface area contributed by atoms with Crippen molar-refractivity contribution in [3.63, 3.8) is 0 Å². The summed E-state index contributed by atoms with van der Waals surface area (Å²) in [6.07, 6.45) is 54.0. The van der Waals surface area contributed by atoms with Crippen molar-refractivity contribution in [1.29, 1.82) is 0 Å². The summed E-state index contributed by atoms with van der Waals surface area (Å²) in [5.41, 5.74) is 0. The van der Waals surface area contributed by atoms with Crippen LogP contribution in [0.25, 0.3) is 0 Å². The number of hydrogen-bond acceptors (Lipinski definition) is 2. The topological polar surface area (TPSA) is 6.48 Å². The first-order chi connectivity index (χ1) is 22.7. The van der Waals surface area contributed by atoms with E-state index in [1.807, 2.05) is 0 Å². The molecule has 0 saturated carbocycles. The number of rotatable bonds is 36. The molecule has 46 heavy (non-hydrogen) atoms. The zero-order chi connectivity index (χ0) is 33.6. The Hall–Kier alpha value is -1.12. The third-order valence-corrected chi connectivity index (χ3v) is 9.71. The lowest BCUT2D eigenvalue weighted by atomic mass is 9.98. The highest BCUT2D eigenvalue weighted by molar-refractivity contribution is 4.93. The zero-order valence-corrected chi connectivity index (χ0v) is 32.3. The Morgan fingerprint density at radius 3 is 1.13 bits per heavy atom. The van der Waals surface area contributed by atoms with Gasteiger partial charge < -0.3 is 4.90 Å². The monoisotopic (exact) mass is 641 g/mol. The maximum absolute atomic E-state index is 2.81. The van der Waals surface area contributed by atoms with Gasteiger partial charge in [-0.1, -0.05) is 166 Å². The standard InChI is InChI=1S/C44H84N2/c1-6-10-12-14-16-18-20-22-24-26-28-30-32-34-36-38-40-44(46(9-4)43-42-45(5)8-3)41-39-37-35-33-31-29-27-25-23-21-19-17-15-13-11-7-2/h16-19,22-25,44H,6-15,20-21,26-43H2,1-5H3/b18-16-,19-17-,24-22-,25-23-. The Bertz CT molecular complexity index is 642. The highest BCUT2D eigenvalue weighted by atomic mass is 15.2. The van der Waals surface area contributed by atoms with E-state index in [1.165, 1.54) is 174 Å². The molecule has 0 aliphatic carbocycles. The van der Waals surface area contributed by atoms with Crippen molar-refractivity contribution in [3.05, 3.63) is 48.6 Å². The molecule has 0 saturated heterocycles. The largest absolute Gasteiger partial charge is 0.305 e. The van der Waals surface area contributed by atoms with E-state index >= 15 is 0 Å². The summed E-state index contributed by atoms with van der Waals surface area (Å²) in [5.74, 6) is 0. The highest BCUT2D eigenvalue weighted by Gasteiger charge is 2.17. The SMILES string of the molecule is CCCCC/C=C\C/C=C\CCCCCCCCC(CCCCCCCC/C=C\C/C=C\CCCCC)N(CC)CCN(C)CC.